The smallest absolute Gasteiger partial charge is 0.129 e. The standard InChI is InChI=1S/C19H21F2NO3/c20-14-10-15(21)12-17(11-14)25-19-6-7-22(13-18(19)23)8-9-24-16-4-2-1-3-5-16/h1-5,10-12,18-19,23H,6-9,13H2/t18-,19-/m1/s1. The van der Waals surface area contributed by atoms with E-state index >= 15 is 0 Å². The van der Waals surface area contributed by atoms with Crippen LogP contribution in [0.25, 0.3) is 0 Å². The molecule has 0 amide bonds. The third kappa shape index (κ3) is 5.14. The molecule has 2 aromatic rings. The van der Waals surface area contributed by atoms with Gasteiger partial charge in [0.1, 0.15) is 41.9 Å². The van der Waals surface area contributed by atoms with Crippen molar-refractivity contribution in [1.82, 2.24) is 4.90 Å². The number of para-hydroxylation sites is 1. The number of aliphatic hydroxyl groups excluding tert-OH is 1. The van der Waals surface area contributed by atoms with Gasteiger partial charge in [0, 0.05) is 37.8 Å². The molecular weight excluding hydrogens is 328 g/mol. The maximum atomic E-state index is 13.2. The van der Waals surface area contributed by atoms with Crippen LogP contribution in [0.1, 0.15) is 6.42 Å². The Morgan fingerprint density at radius 2 is 1.76 bits per heavy atom. The number of ether oxygens (including phenoxy) is 2. The van der Waals surface area contributed by atoms with Gasteiger partial charge in [-0.05, 0) is 18.6 Å². The molecule has 6 heteroatoms. The van der Waals surface area contributed by atoms with Gasteiger partial charge in [0.15, 0.2) is 0 Å². The van der Waals surface area contributed by atoms with E-state index in [0.717, 1.165) is 30.5 Å². The topological polar surface area (TPSA) is 41.9 Å². The fraction of sp³-hybridized carbons (Fsp3) is 0.368. The third-order valence-corrected chi connectivity index (χ3v) is 4.15. The number of hydrogen-bond acceptors (Lipinski definition) is 4. The molecule has 1 saturated heterocycles. The van der Waals surface area contributed by atoms with Crippen molar-refractivity contribution in [1.29, 1.82) is 0 Å². The minimum atomic E-state index is -0.725. The number of hydrogen-bond donors (Lipinski definition) is 1. The summed E-state index contributed by atoms with van der Waals surface area (Å²) in [5, 5.41) is 10.3. The Kier molecular flexibility index (Phi) is 5.83. The SMILES string of the molecule is O[C@@H]1CN(CCOc2ccccc2)CC[C@H]1Oc1cc(F)cc(F)c1. The Morgan fingerprint density at radius 1 is 1.04 bits per heavy atom. The van der Waals surface area contributed by atoms with E-state index in [1.807, 2.05) is 30.3 Å². The van der Waals surface area contributed by atoms with Crippen LogP contribution < -0.4 is 9.47 Å². The highest BCUT2D eigenvalue weighted by Crippen LogP contribution is 2.21. The van der Waals surface area contributed by atoms with Crippen LogP contribution in [-0.4, -0.2) is 48.5 Å². The molecular formula is C19H21F2NO3. The van der Waals surface area contributed by atoms with Gasteiger partial charge in [-0.2, -0.15) is 0 Å². The summed E-state index contributed by atoms with van der Waals surface area (Å²) >= 11 is 0. The largest absolute Gasteiger partial charge is 0.492 e. The molecule has 2 aromatic carbocycles. The molecule has 2 atom stereocenters. The van der Waals surface area contributed by atoms with E-state index in [-0.39, 0.29) is 5.75 Å². The second-order valence-electron chi connectivity index (χ2n) is 6.08. The maximum absolute atomic E-state index is 13.2. The average molecular weight is 349 g/mol. The Labute approximate surface area is 145 Å². The van der Waals surface area contributed by atoms with Crippen LogP contribution in [0.5, 0.6) is 11.5 Å². The van der Waals surface area contributed by atoms with Gasteiger partial charge in [0.05, 0.1) is 0 Å². The minimum absolute atomic E-state index is 0.0995. The van der Waals surface area contributed by atoms with Crippen molar-refractivity contribution in [3.05, 3.63) is 60.2 Å². The van der Waals surface area contributed by atoms with Crippen LogP contribution in [0.4, 0.5) is 8.78 Å². The number of piperidine rings is 1. The molecule has 0 radical (unpaired) electrons. The lowest BCUT2D eigenvalue weighted by Gasteiger charge is -2.35. The summed E-state index contributed by atoms with van der Waals surface area (Å²) in [6, 6.07) is 12.6. The van der Waals surface area contributed by atoms with E-state index in [9.17, 15) is 13.9 Å². The molecule has 1 N–H and O–H groups in total. The lowest BCUT2D eigenvalue weighted by atomic mass is 10.0. The number of halogens is 2. The number of nitrogens with zero attached hydrogens (tertiary/aromatic N) is 1. The molecule has 134 valence electrons. The van der Waals surface area contributed by atoms with Crippen LogP contribution in [0, 0.1) is 11.6 Å². The van der Waals surface area contributed by atoms with Crippen molar-refractivity contribution in [3.8, 4) is 11.5 Å². The predicted molar refractivity (Wildman–Crippen MR) is 89.8 cm³/mol. The Hall–Kier alpha value is -2.18. The van der Waals surface area contributed by atoms with Gasteiger partial charge in [-0.15, -0.1) is 0 Å². The quantitative estimate of drug-likeness (QED) is 0.871. The van der Waals surface area contributed by atoms with E-state index in [2.05, 4.69) is 4.90 Å². The second-order valence-corrected chi connectivity index (χ2v) is 6.08. The number of β-amino-alcohol motifs (C(OH)–C–C–N with tert-alkyl or cyclic N) is 1. The first-order valence-corrected chi connectivity index (χ1v) is 8.31. The molecule has 0 aliphatic carbocycles. The fourth-order valence-electron chi connectivity index (χ4n) is 2.90. The zero-order valence-corrected chi connectivity index (χ0v) is 13.8. The summed E-state index contributed by atoms with van der Waals surface area (Å²) < 4.78 is 37.7. The van der Waals surface area contributed by atoms with E-state index in [1.54, 1.807) is 0 Å². The van der Waals surface area contributed by atoms with Gasteiger partial charge in [-0.1, -0.05) is 18.2 Å². The van der Waals surface area contributed by atoms with Crippen LogP contribution >= 0.6 is 0 Å². The van der Waals surface area contributed by atoms with Crippen molar-refractivity contribution >= 4 is 0 Å². The monoisotopic (exact) mass is 349 g/mol. The summed E-state index contributed by atoms with van der Waals surface area (Å²) in [5.41, 5.74) is 0. The molecule has 0 saturated carbocycles. The molecule has 3 rings (SSSR count). The summed E-state index contributed by atoms with van der Waals surface area (Å²) in [5.74, 6) is -0.475. The lowest BCUT2D eigenvalue weighted by Crippen LogP contribution is -2.49. The average Bonchev–Trinajstić information content (AvgIpc) is 2.57. The van der Waals surface area contributed by atoms with Gasteiger partial charge in [-0.3, -0.25) is 4.90 Å². The maximum Gasteiger partial charge on any atom is 0.129 e. The molecule has 1 aliphatic rings. The first kappa shape index (κ1) is 17.6. The lowest BCUT2D eigenvalue weighted by molar-refractivity contribution is -0.0277. The van der Waals surface area contributed by atoms with Crippen LogP contribution in [0.15, 0.2) is 48.5 Å². The molecule has 0 unspecified atom stereocenters. The summed E-state index contributed by atoms with van der Waals surface area (Å²) in [7, 11) is 0. The summed E-state index contributed by atoms with van der Waals surface area (Å²) in [4.78, 5) is 2.08. The van der Waals surface area contributed by atoms with Crippen molar-refractivity contribution < 1.29 is 23.4 Å². The number of aliphatic hydroxyl groups is 1. The minimum Gasteiger partial charge on any atom is -0.492 e. The molecule has 1 aliphatic heterocycles. The summed E-state index contributed by atoms with van der Waals surface area (Å²) in [6.07, 6.45) is -0.630. The van der Waals surface area contributed by atoms with Crippen molar-refractivity contribution in [2.45, 2.75) is 18.6 Å². The van der Waals surface area contributed by atoms with E-state index in [0.29, 0.717) is 26.1 Å². The Bertz CT molecular complexity index is 663. The molecule has 1 heterocycles. The van der Waals surface area contributed by atoms with Gasteiger partial charge < -0.3 is 14.6 Å². The highest BCUT2D eigenvalue weighted by molar-refractivity contribution is 5.24. The van der Waals surface area contributed by atoms with E-state index < -0.39 is 23.8 Å². The van der Waals surface area contributed by atoms with Crippen molar-refractivity contribution in [2.24, 2.45) is 0 Å². The van der Waals surface area contributed by atoms with Gasteiger partial charge in [-0.25, -0.2) is 8.78 Å². The number of benzene rings is 2. The molecule has 25 heavy (non-hydrogen) atoms. The Morgan fingerprint density at radius 3 is 2.44 bits per heavy atom. The number of likely N-dealkylation sites (tertiary alicyclic amines) is 1. The fourth-order valence-corrected chi connectivity index (χ4v) is 2.90. The van der Waals surface area contributed by atoms with Gasteiger partial charge in [0.2, 0.25) is 0 Å². The highest BCUT2D eigenvalue weighted by atomic mass is 19.1. The number of rotatable bonds is 6. The predicted octanol–water partition coefficient (Wildman–Crippen LogP) is 2.86. The van der Waals surface area contributed by atoms with Crippen LogP contribution in [-0.2, 0) is 0 Å². The highest BCUT2D eigenvalue weighted by Gasteiger charge is 2.29. The van der Waals surface area contributed by atoms with Gasteiger partial charge >= 0.3 is 0 Å². The van der Waals surface area contributed by atoms with E-state index in [4.69, 9.17) is 9.47 Å². The zero-order valence-electron chi connectivity index (χ0n) is 13.8. The zero-order chi connectivity index (χ0) is 17.6. The first-order chi connectivity index (χ1) is 12.1. The second kappa shape index (κ2) is 8.27. The Balaban J connectivity index is 1.45. The van der Waals surface area contributed by atoms with Crippen LogP contribution in [0.2, 0.25) is 0 Å². The first-order valence-electron chi connectivity index (χ1n) is 8.31. The van der Waals surface area contributed by atoms with E-state index in [1.165, 1.54) is 0 Å². The molecule has 1 fully saturated rings. The van der Waals surface area contributed by atoms with Crippen molar-refractivity contribution in [2.75, 3.05) is 26.2 Å². The van der Waals surface area contributed by atoms with Gasteiger partial charge in [0.25, 0.3) is 0 Å². The molecule has 0 bridgehead atoms. The normalized spacial score (nSPS) is 21.1. The molecule has 0 spiro atoms. The third-order valence-electron chi connectivity index (χ3n) is 4.15. The van der Waals surface area contributed by atoms with Crippen molar-refractivity contribution in [3.63, 3.8) is 0 Å². The summed E-state index contributed by atoms with van der Waals surface area (Å²) in [6.45, 7) is 2.36. The van der Waals surface area contributed by atoms with Crippen LogP contribution in [0.3, 0.4) is 0 Å². The molecule has 0 aromatic heterocycles. The molecule has 4 nitrogen and oxygen atoms in total.